The molecule has 3 fully saturated rings. The van der Waals surface area contributed by atoms with Crippen molar-refractivity contribution in [3.05, 3.63) is 0 Å². The van der Waals surface area contributed by atoms with Gasteiger partial charge in [-0.15, -0.1) is 0 Å². The SMILES string of the molecule is CN1CCN(C2CCN(CC(=O)N3CCCC3)CC2)C1=O. The summed E-state index contributed by atoms with van der Waals surface area (Å²) in [6.45, 7) is 5.98. The highest BCUT2D eigenvalue weighted by Crippen LogP contribution is 2.21. The van der Waals surface area contributed by atoms with Gasteiger partial charge in [0, 0.05) is 52.4 Å². The van der Waals surface area contributed by atoms with E-state index in [1.165, 1.54) is 0 Å². The Morgan fingerprint density at radius 1 is 1.05 bits per heavy atom. The molecule has 0 N–H and O–H groups in total. The summed E-state index contributed by atoms with van der Waals surface area (Å²) in [7, 11) is 1.87. The molecule has 3 amide bonds. The van der Waals surface area contributed by atoms with Gasteiger partial charge in [-0.2, -0.15) is 0 Å². The van der Waals surface area contributed by atoms with Crippen LogP contribution in [-0.2, 0) is 4.79 Å². The Hall–Kier alpha value is -1.30. The monoisotopic (exact) mass is 294 g/mol. The number of amides is 3. The number of piperidine rings is 1. The van der Waals surface area contributed by atoms with E-state index in [-0.39, 0.29) is 11.9 Å². The second-order valence-electron chi connectivity index (χ2n) is 6.49. The second kappa shape index (κ2) is 6.22. The van der Waals surface area contributed by atoms with Gasteiger partial charge in [0.25, 0.3) is 0 Å². The fourth-order valence-electron chi connectivity index (χ4n) is 3.65. The summed E-state index contributed by atoms with van der Waals surface area (Å²) in [4.78, 5) is 32.2. The topological polar surface area (TPSA) is 47.1 Å². The van der Waals surface area contributed by atoms with E-state index >= 15 is 0 Å². The quantitative estimate of drug-likeness (QED) is 0.759. The first-order valence-corrected chi connectivity index (χ1v) is 8.17. The Labute approximate surface area is 126 Å². The Kier molecular flexibility index (Phi) is 4.33. The summed E-state index contributed by atoms with van der Waals surface area (Å²) >= 11 is 0. The Morgan fingerprint density at radius 3 is 2.29 bits per heavy atom. The molecular formula is C15H26N4O2. The first-order chi connectivity index (χ1) is 10.1. The predicted octanol–water partition coefficient (Wildman–Crippen LogP) is 0.441. The van der Waals surface area contributed by atoms with Gasteiger partial charge in [-0.05, 0) is 25.7 Å². The molecule has 0 bridgehead atoms. The summed E-state index contributed by atoms with van der Waals surface area (Å²) in [5, 5.41) is 0. The first-order valence-electron chi connectivity index (χ1n) is 8.17. The van der Waals surface area contributed by atoms with Gasteiger partial charge in [0.05, 0.1) is 6.54 Å². The zero-order chi connectivity index (χ0) is 14.8. The van der Waals surface area contributed by atoms with Crippen LogP contribution in [0.1, 0.15) is 25.7 Å². The highest BCUT2D eigenvalue weighted by molar-refractivity contribution is 5.78. The van der Waals surface area contributed by atoms with Gasteiger partial charge in [0.1, 0.15) is 0 Å². The predicted molar refractivity (Wildman–Crippen MR) is 80.0 cm³/mol. The average Bonchev–Trinajstić information content (AvgIpc) is 3.12. The van der Waals surface area contributed by atoms with Crippen molar-refractivity contribution in [2.24, 2.45) is 0 Å². The van der Waals surface area contributed by atoms with Crippen LogP contribution in [-0.4, -0.2) is 90.4 Å². The van der Waals surface area contributed by atoms with Crippen molar-refractivity contribution >= 4 is 11.9 Å². The zero-order valence-electron chi connectivity index (χ0n) is 13.0. The molecular weight excluding hydrogens is 268 g/mol. The van der Waals surface area contributed by atoms with Crippen LogP contribution in [0.2, 0.25) is 0 Å². The molecule has 6 heteroatoms. The maximum atomic E-state index is 12.2. The van der Waals surface area contributed by atoms with Gasteiger partial charge in [-0.1, -0.05) is 0 Å². The highest BCUT2D eigenvalue weighted by atomic mass is 16.2. The number of urea groups is 1. The molecule has 0 unspecified atom stereocenters. The minimum atomic E-state index is 0.168. The molecule has 0 atom stereocenters. The van der Waals surface area contributed by atoms with E-state index in [9.17, 15) is 9.59 Å². The van der Waals surface area contributed by atoms with Gasteiger partial charge in [-0.25, -0.2) is 4.79 Å². The Bertz CT molecular complexity index is 400. The fourth-order valence-corrected chi connectivity index (χ4v) is 3.65. The summed E-state index contributed by atoms with van der Waals surface area (Å²) in [5.74, 6) is 0.280. The molecule has 3 aliphatic heterocycles. The average molecular weight is 294 g/mol. The van der Waals surface area contributed by atoms with Crippen LogP contribution in [0.5, 0.6) is 0 Å². The van der Waals surface area contributed by atoms with Crippen molar-refractivity contribution < 1.29 is 9.59 Å². The Balaban J connectivity index is 1.44. The van der Waals surface area contributed by atoms with Crippen molar-refractivity contribution in [2.75, 3.05) is 52.9 Å². The van der Waals surface area contributed by atoms with E-state index in [0.29, 0.717) is 12.6 Å². The third-order valence-corrected chi connectivity index (χ3v) is 5.06. The van der Waals surface area contributed by atoms with Crippen LogP contribution in [0.4, 0.5) is 4.79 Å². The molecule has 0 saturated carbocycles. The third kappa shape index (κ3) is 3.15. The highest BCUT2D eigenvalue weighted by Gasteiger charge is 2.34. The van der Waals surface area contributed by atoms with Crippen LogP contribution >= 0.6 is 0 Å². The van der Waals surface area contributed by atoms with E-state index < -0.39 is 0 Å². The minimum absolute atomic E-state index is 0.168. The van der Waals surface area contributed by atoms with Gasteiger partial charge in [0.15, 0.2) is 0 Å². The molecule has 3 aliphatic rings. The lowest BCUT2D eigenvalue weighted by Gasteiger charge is -2.36. The molecule has 3 saturated heterocycles. The number of likely N-dealkylation sites (N-methyl/N-ethyl adjacent to an activating group) is 1. The normalized spacial score (nSPS) is 25.2. The van der Waals surface area contributed by atoms with Crippen LogP contribution < -0.4 is 0 Å². The van der Waals surface area contributed by atoms with Gasteiger partial charge >= 0.3 is 6.03 Å². The molecule has 0 aromatic rings. The molecule has 0 aromatic carbocycles. The molecule has 118 valence electrons. The molecule has 3 heterocycles. The van der Waals surface area contributed by atoms with E-state index in [4.69, 9.17) is 0 Å². The largest absolute Gasteiger partial charge is 0.342 e. The first kappa shape index (κ1) is 14.6. The minimum Gasteiger partial charge on any atom is -0.342 e. The van der Waals surface area contributed by atoms with E-state index in [1.54, 1.807) is 4.90 Å². The number of hydrogen-bond donors (Lipinski definition) is 0. The van der Waals surface area contributed by atoms with E-state index in [2.05, 4.69) is 4.90 Å². The third-order valence-electron chi connectivity index (χ3n) is 5.06. The molecule has 0 aliphatic carbocycles. The number of carbonyl (C=O) groups is 2. The van der Waals surface area contributed by atoms with Crippen molar-refractivity contribution in [3.63, 3.8) is 0 Å². The molecule has 3 rings (SSSR count). The number of nitrogens with zero attached hydrogens (tertiary/aromatic N) is 4. The lowest BCUT2D eigenvalue weighted by molar-refractivity contribution is -0.131. The van der Waals surface area contributed by atoms with Crippen LogP contribution in [0.25, 0.3) is 0 Å². The summed E-state index contributed by atoms with van der Waals surface area (Å²) in [5.41, 5.74) is 0. The smallest absolute Gasteiger partial charge is 0.320 e. The summed E-state index contributed by atoms with van der Waals surface area (Å²) in [6.07, 6.45) is 4.29. The van der Waals surface area contributed by atoms with Crippen molar-refractivity contribution in [2.45, 2.75) is 31.7 Å². The fraction of sp³-hybridized carbons (Fsp3) is 0.867. The summed E-state index contributed by atoms with van der Waals surface area (Å²) in [6, 6.07) is 0.530. The molecule has 0 radical (unpaired) electrons. The Morgan fingerprint density at radius 2 is 1.71 bits per heavy atom. The van der Waals surface area contributed by atoms with Crippen LogP contribution in [0.15, 0.2) is 0 Å². The lowest BCUT2D eigenvalue weighted by atomic mass is 10.0. The molecule has 0 spiro atoms. The van der Waals surface area contributed by atoms with Gasteiger partial charge in [0.2, 0.25) is 5.91 Å². The van der Waals surface area contributed by atoms with Crippen LogP contribution in [0.3, 0.4) is 0 Å². The van der Waals surface area contributed by atoms with Gasteiger partial charge in [-0.3, -0.25) is 9.69 Å². The number of carbonyl (C=O) groups excluding carboxylic acids is 2. The number of rotatable bonds is 3. The lowest BCUT2D eigenvalue weighted by Crippen LogP contribution is -2.48. The molecule has 6 nitrogen and oxygen atoms in total. The second-order valence-corrected chi connectivity index (χ2v) is 6.49. The molecule has 21 heavy (non-hydrogen) atoms. The van der Waals surface area contributed by atoms with Crippen molar-refractivity contribution in [1.29, 1.82) is 0 Å². The van der Waals surface area contributed by atoms with E-state index in [0.717, 1.165) is 65.0 Å². The molecule has 0 aromatic heterocycles. The zero-order valence-corrected chi connectivity index (χ0v) is 13.0. The number of likely N-dealkylation sites (tertiary alicyclic amines) is 2. The van der Waals surface area contributed by atoms with E-state index in [1.807, 2.05) is 16.8 Å². The number of hydrogen-bond acceptors (Lipinski definition) is 3. The maximum Gasteiger partial charge on any atom is 0.320 e. The maximum absolute atomic E-state index is 12.2. The summed E-state index contributed by atoms with van der Waals surface area (Å²) < 4.78 is 0. The van der Waals surface area contributed by atoms with Crippen molar-refractivity contribution in [1.82, 2.24) is 19.6 Å². The van der Waals surface area contributed by atoms with Crippen molar-refractivity contribution in [3.8, 4) is 0 Å². The van der Waals surface area contributed by atoms with Gasteiger partial charge < -0.3 is 14.7 Å². The van der Waals surface area contributed by atoms with Crippen LogP contribution in [0, 0.1) is 0 Å². The standard InChI is InChI=1S/C15H26N4O2/c1-16-10-11-19(15(16)21)13-4-8-17(9-5-13)12-14(20)18-6-2-3-7-18/h13H,2-12H2,1H3.